The van der Waals surface area contributed by atoms with Gasteiger partial charge in [0, 0.05) is 39.0 Å². The van der Waals surface area contributed by atoms with Gasteiger partial charge in [-0.05, 0) is 60.7 Å². The molecule has 0 saturated carbocycles. The van der Waals surface area contributed by atoms with Crippen molar-refractivity contribution < 1.29 is 21.6 Å². The maximum absolute atomic E-state index is 13.2. The van der Waals surface area contributed by atoms with Crippen molar-refractivity contribution in [2.75, 3.05) is 32.2 Å². The molecule has 2 aromatic carbocycles. The average molecular weight is 467 g/mol. The lowest BCUT2D eigenvalue weighted by atomic mass is 10.0. The van der Waals surface area contributed by atoms with Gasteiger partial charge in [0.15, 0.2) is 0 Å². The van der Waals surface area contributed by atoms with E-state index in [1.807, 2.05) is 32.8 Å². The van der Waals surface area contributed by atoms with Crippen molar-refractivity contribution in [1.29, 1.82) is 0 Å². The van der Waals surface area contributed by atoms with Gasteiger partial charge in [0.1, 0.15) is 0 Å². The summed E-state index contributed by atoms with van der Waals surface area (Å²) in [6.07, 6.45) is 1.18. The van der Waals surface area contributed by atoms with Crippen LogP contribution in [-0.2, 0) is 24.6 Å². The van der Waals surface area contributed by atoms with E-state index in [0.29, 0.717) is 31.6 Å². The second-order valence-corrected chi connectivity index (χ2v) is 11.9. The molecule has 0 atom stereocenters. The summed E-state index contributed by atoms with van der Waals surface area (Å²) in [7, 11) is -4.02. The van der Waals surface area contributed by atoms with Crippen LogP contribution >= 0.6 is 0 Å². The van der Waals surface area contributed by atoms with Crippen LogP contribution in [0, 0.1) is 0 Å². The van der Waals surface area contributed by atoms with Crippen molar-refractivity contribution >= 4 is 25.5 Å². The van der Waals surface area contributed by atoms with Gasteiger partial charge in [0.2, 0.25) is 19.9 Å². The molecule has 3 rings (SSSR count). The molecule has 1 aliphatic rings. The Balaban J connectivity index is 2.02. The average Bonchev–Trinajstić information content (AvgIpc) is 2.73. The number of sulfone groups is 1. The minimum atomic E-state index is -3.90. The number of hydrogen-bond donors (Lipinski definition) is 1. The van der Waals surface area contributed by atoms with Gasteiger partial charge >= 0.3 is 0 Å². The quantitative estimate of drug-likeness (QED) is 0.674. The molecule has 31 heavy (non-hydrogen) atoms. The maximum Gasteiger partial charge on any atom is 0.241 e. The minimum Gasteiger partial charge on any atom is -0.381 e. The SMILES string of the molecule is CC(C)c1ccc(S(=O)(=O)c2ccc(N(C)C)cc2)cc1S(=O)(=O)NC1CCOCC1. The monoisotopic (exact) mass is 466 g/mol. The lowest BCUT2D eigenvalue weighted by Gasteiger charge is -2.24. The highest BCUT2D eigenvalue weighted by atomic mass is 32.2. The third-order valence-electron chi connectivity index (χ3n) is 5.41. The van der Waals surface area contributed by atoms with Crippen molar-refractivity contribution in [3.63, 3.8) is 0 Å². The first-order valence-corrected chi connectivity index (χ1v) is 13.3. The molecule has 0 bridgehead atoms. The number of nitrogens with zero attached hydrogens (tertiary/aromatic N) is 1. The first-order chi connectivity index (χ1) is 14.5. The molecule has 7 nitrogen and oxygen atoms in total. The number of ether oxygens (including phenoxy) is 1. The van der Waals surface area contributed by atoms with E-state index in [-0.39, 0.29) is 26.6 Å². The van der Waals surface area contributed by atoms with Crippen LogP contribution in [0.3, 0.4) is 0 Å². The Kier molecular flexibility index (Phi) is 7.10. The first-order valence-electron chi connectivity index (χ1n) is 10.3. The second-order valence-electron chi connectivity index (χ2n) is 8.25. The fourth-order valence-corrected chi connectivity index (χ4v) is 6.61. The molecular weight excluding hydrogens is 436 g/mol. The van der Waals surface area contributed by atoms with Gasteiger partial charge in [-0.2, -0.15) is 0 Å². The van der Waals surface area contributed by atoms with Gasteiger partial charge < -0.3 is 9.64 Å². The molecule has 1 N–H and O–H groups in total. The van der Waals surface area contributed by atoms with Crippen LogP contribution in [0.1, 0.15) is 38.2 Å². The normalized spacial score (nSPS) is 15.9. The van der Waals surface area contributed by atoms with E-state index >= 15 is 0 Å². The van der Waals surface area contributed by atoms with Crippen LogP contribution in [0.5, 0.6) is 0 Å². The van der Waals surface area contributed by atoms with Crippen LogP contribution in [0.25, 0.3) is 0 Å². The van der Waals surface area contributed by atoms with E-state index < -0.39 is 19.9 Å². The predicted octanol–water partition coefficient (Wildman–Crippen LogP) is 3.17. The Morgan fingerprint density at radius 1 is 0.935 bits per heavy atom. The zero-order chi connectivity index (χ0) is 22.8. The standard InChI is InChI=1S/C22H30N2O5S2/c1-16(2)21-10-9-20(30(25,26)19-7-5-18(6-8-19)24(3)4)15-22(21)31(27,28)23-17-11-13-29-14-12-17/h5-10,15-17,23H,11-14H2,1-4H3. The molecule has 2 aromatic rings. The van der Waals surface area contributed by atoms with Crippen molar-refractivity contribution in [1.82, 2.24) is 4.72 Å². The minimum absolute atomic E-state index is 0.0139. The topological polar surface area (TPSA) is 92.8 Å². The smallest absolute Gasteiger partial charge is 0.241 e. The predicted molar refractivity (Wildman–Crippen MR) is 121 cm³/mol. The molecule has 0 aliphatic carbocycles. The number of anilines is 1. The second kappa shape index (κ2) is 9.28. The summed E-state index contributed by atoms with van der Waals surface area (Å²) in [6, 6.07) is 10.7. The molecule has 0 radical (unpaired) electrons. The van der Waals surface area contributed by atoms with Gasteiger partial charge in [-0.25, -0.2) is 21.6 Å². The van der Waals surface area contributed by atoms with Gasteiger partial charge in [-0.15, -0.1) is 0 Å². The van der Waals surface area contributed by atoms with Crippen LogP contribution < -0.4 is 9.62 Å². The lowest BCUT2D eigenvalue weighted by molar-refractivity contribution is 0.0832. The lowest BCUT2D eigenvalue weighted by Crippen LogP contribution is -2.39. The largest absolute Gasteiger partial charge is 0.381 e. The Hall–Kier alpha value is -1.94. The summed E-state index contributed by atoms with van der Waals surface area (Å²) in [4.78, 5) is 1.97. The molecular formula is C22H30N2O5S2. The molecule has 0 amide bonds. The van der Waals surface area contributed by atoms with Gasteiger partial charge in [-0.3, -0.25) is 0 Å². The van der Waals surface area contributed by atoms with Crippen LogP contribution in [0.4, 0.5) is 5.69 Å². The number of hydrogen-bond acceptors (Lipinski definition) is 6. The molecule has 1 heterocycles. The van der Waals surface area contributed by atoms with Gasteiger partial charge in [0.05, 0.1) is 14.7 Å². The molecule has 9 heteroatoms. The molecule has 1 saturated heterocycles. The Labute approximate surface area is 185 Å². The third-order valence-corrected chi connectivity index (χ3v) is 8.76. The zero-order valence-corrected chi connectivity index (χ0v) is 20.0. The van der Waals surface area contributed by atoms with E-state index in [1.54, 1.807) is 18.2 Å². The fraction of sp³-hybridized carbons (Fsp3) is 0.455. The Morgan fingerprint density at radius 2 is 1.52 bits per heavy atom. The highest BCUT2D eigenvalue weighted by molar-refractivity contribution is 7.91. The van der Waals surface area contributed by atoms with Crippen molar-refractivity contribution in [3.05, 3.63) is 48.0 Å². The highest BCUT2D eigenvalue weighted by Crippen LogP contribution is 2.30. The van der Waals surface area contributed by atoms with Crippen LogP contribution in [0.15, 0.2) is 57.2 Å². The maximum atomic E-state index is 13.2. The van der Waals surface area contributed by atoms with Crippen LogP contribution in [-0.4, -0.2) is 50.2 Å². The van der Waals surface area contributed by atoms with E-state index in [2.05, 4.69) is 4.72 Å². The summed E-state index contributed by atoms with van der Waals surface area (Å²) < 4.78 is 60.9. The van der Waals surface area contributed by atoms with E-state index in [1.165, 1.54) is 24.3 Å². The molecule has 0 unspecified atom stereocenters. The zero-order valence-electron chi connectivity index (χ0n) is 18.3. The molecule has 0 spiro atoms. The Morgan fingerprint density at radius 3 is 2.06 bits per heavy atom. The molecule has 1 fully saturated rings. The highest BCUT2D eigenvalue weighted by Gasteiger charge is 2.28. The third kappa shape index (κ3) is 5.28. The summed E-state index contributed by atoms with van der Waals surface area (Å²) in [5.74, 6) is -0.0857. The van der Waals surface area contributed by atoms with Crippen molar-refractivity contribution in [3.8, 4) is 0 Å². The molecule has 170 valence electrons. The molecule has 1 aliphatic heterocycles. The van der Waals surface area contributed by atoms with E-state index in [4.69, 9.17) is 4.74 Å². The van der Waals surface area contributed by atoms with E-state index in [9.17, 15) is 16.8 Å². The summed E-state index contributed by atoms with van der Waals surface area (Å²) in [5.41, 5.74) is 1.46. The summed E-state index contributed by atoms with van der Waals surface area (Å²) in [6.45, 7) is 4.77. The van der Waals surface area contributed by atoms with Gasteiger partial charge in [0.25, 0.3) is 0 Å². The number of rotatable bonds is 7. The fourth-order valence-electron chi connectivity index (χ4n) is 3.55. The number of sulfonamides is 1. The van der Waals surface area contributed by atoms with Gasteiger partial charge in [-0.1, -0.05) is 19.9 Å². The summed E-state index contributed by atoms with van der Waals surface area (Å²) in [5, 5.41) is 0. The first kappa shape index (κ1) is 23.7. The van der Waals surface area contributed by atoms with Crippen LogP contribution in [0.2, 0.25) is 0 Å². The molecule has 0 aromatic heterocycles. The Bertz CT molecular complexity index is 1120. The number of nitrogens with one attached hydrogen (secondary N) is 1. The van der Waals surface area contributed by atoms with E-state index in [0.717, 1.165) is 5.69 Å². The van der Waals surface area contributed by atoms with Crippen molar-refractivity contribution in [2.24, 2.45) is 0 Å². The summed E-state index contributed by atoms with van der Waals surface area (Å²) >= 11 is 0. The number of benzene rings is 2. The van der Waals surface area contributed by atoms with Crippen molar-refractivity contribution in [2.45, 2.75) is 53.3 Å².